The topological polar surface area (TPSA) is 135 Å². The van der Waals surface area contributed by atoms with Gasteiger partial charge in [-0.15, -0.1) is 0 Å². The fraction of sp³-hybridized carbons (Fsp3) is 0.600. The van der Waals surface area contributed by atoms with Gasteiger partial charge in [-0.1, -0.05) is 30.3 Å². The van der Waals surface area contributed by atoms with Gasteiger partial charge in [0.05, 0.1) is 6.61 Å². The van der Waals surface area contributed by atoms with Crippen molar-refractivity contribution in [3.05, 3.63) is 35.9 Å². The Balaban J connectivity index is 1.71. The van der Waals surface area contributed by atoms with Gasteiger partial charge in [0.15, 0.2) is 6.29 Å². The average molecular weight is 411 g/mol. The van der Waals surface area contributed by atoms with E-state index < -0.39 is 43.2 Å². The Bertz CT molecular complexity index is 641. The van der Waals surface area contributed by atoms with Crippen LogP contribution in [0.3, 0.4) is 0 Å². The van der Waals surface area contributed by atoms with Gasteiger partial charge in [-0.05, 0) is 18.4 Å². The van der Waals surface area contributed by atoms with Crippen molar-refractivity contribution in [3.8, 4) is 0 Å². The molecule has 1 aromatic carbocycles. The van der Waals surface area contributed by atoms with Crippen LogP contribution in [0.2, 0.25) is 0 Å². The monoisotopic (exact) mass is 411 g/mol. The van der Waals surface area contributed by atoms with Crippen molar-refractivity contribution in [2.75, 3.05) is 13.2 Å². The second-order valence-corrected chi connectivity index (χ2v) is 6.91. The van der Waals surface area contributed by atoms with Crippen molar-refractivity contribution in [2.45, 2.75) is 63.4 Å². The molecule has 1 heterocycles. The number of nitrogens with one attached hydrogen (secondary N) is 1. The van der Waals surface area contributed by atoms with Crippen LogP contribution in [0.25, 0.3) is 0 Å². The second kappa shape index (κ2) is 11.8. The lowest BCUT2D eigenvalue weighted by Crippen LogP contribution is -2.64. The number of unbranched alkanes of at least 4 members (excludes halogenated alkanes) is 1. The molecule has 9 nitrogen and oxygen atoms in total. The third kappa shape index (κ3) is 7.37. The van der Waals surface area contributed by atoms with Gasteiger partial charge in [0.25, 0.3) is 0 Å². The Kier molecular flexibility index (Phi) is 9.49. The molecule has 1 amide bonds. The van der Waals surface area contributed by atoms with Gasteiger partial charge in [-0.25, -0.2) is 0 Å². The summed E-state index contributed by atoms with van der Waals surface area (Å²) in [5, 5.41) is 31.9. The lowest BCUT2D eigenvalue weighted by Gasteiger charge is -2.42. The highest BCUT2D eigenvalue weighted by molar-refractivity contribution is 5.73. The number of carbonyl (C=O) groups excluding carboxylic acids is 2. The number of amides is 1. The number of hydrogen-bond donors (Lipinski definition) is 4. The number of aliphatic hydroxyl groups excluding tert-OH is 3. The summed E-state index contributed by atoms with van der Waals surface area (Å²) >= 11 is 0. The zero-order valence-electron chi connectivity index (χ0n) is 16.4. The molecule has 0 aromatic heterocycles. The molecule has 0 spiro atoms. The molecule has 5 atom stereocenters. The fourth-order valence-corrected chi connectivity index (χ4v) is 2.99. The molecule has 162 valence electrons. The van der Waals surface area contributed by atoms with E-state index >= 15 is 0 Å². The number of rotatable bonds is 10. The highest BCUT2D eigenvalue weighted by Gasteiger charge is 2.45. The first-order valence-corrected chi connectivity index (χ1v) is 9.63. The summed E-state index contributed by atoms with van der Waals surface area (Å²) in [7, 11) is 0. The van der Waals surface area contributed by atoms with E-state index in [1.165, 1.54) is 6.92 Å². The molecule has 29 heavy (non-hydrogen) atoms. The summed E-state index contributed by atoms with van der Waals surface area (Å²) in [6.45, 7) is 1.20. The molecule has 1 aliphatic rings. The molecule has 1 aliphatic heterocycles. The predicted molar refractivity (Wildman–Crippen MR) is 101 cm³/mol. The second-order valence-electron chi connectivity index (χ2n) is 6.91. The van der Waals surface area contributed by atoms with Crippen LogP contribution in [0, 0.1) is 0 Å². The van der Waals surface area contributed by atoms with Crippen molar-refractivity contribution in [3.63, 3.8) is 0 Å². The lowest BCUT2D eigenvalue weighted by molar-refractivity contribution is -0.270. The molecule has 1 aromatic rings. The average Bonchev–Trinajstić information content (AvgIpc) is 2.71. The Labute approximate surface area is 169 Å². The van der Waals surface area contributed by atoms with Gasteiger partial charge in [-0.2, -0.15) is 0 Å². The first-order chi connectivity index (χ1) is 13.9. The van der Waals surface area contributed by atoms with Crippen LogP contribution in [0.4, 0.5) is 0 Å². The molecule has 1 saturated heterocycles. The number of benzene rings is 1. The van der Waals surface area contributed by atoms with Gasteiger partial charge in [0, 0.05) is 20.0 Å². The highest BCUT2D eigenvalue weighted by atomic mass is 16.7. The SMILES string of the molecule is CC(=O)N[C@H]1[C@H](OCCCCC(=O)OCc2ccccc2)OC(CO)[C@H](O)[C@@H]1O. The van der Waals surface area contributed by atoms with Crippen LogP contribution < -0.4 is 5.32 Å². The van der Waals surface area contributed by atoms with Crippen molar-refractivity contribution >= 4 is 11.9 Å². The predicted octanol–water partition coefficient (Wildman–Crippen LogP) is -0.140. The van der Waals surface area contributed by atoms with E-state index in [4.69, 9.17) is 14.2 Å². The van der Waals surface area contributed by atoms with Gasteiger partial charge >= 0.3 is 5.97 Å². The van der Waals surface area contributed by atoms with Crippen LogP contribution in [0.1, 0.15) is 31.7 Å². The first-order valence-electron chi connectivity index (χ1n) is 9.63. The minimum Gasteiger partial charge on any atom is -0.461 e. The summed E-state index contributed by atoms with van der Waals surface area (Å²) in [6.07, 6.45) is -3.46. The molecular weight excluding hydrogens is 382 g/mol. The largest absolute Gasteiger partial charge is 0.461 e. The number of ether oxygens (including phenoxy) is 3. The molecular formula is C20H29NO8. The Morgan fingerprint density at radius 1 is 1.14 bits per heavy atom. The molecule has 0 saturated carbocycles. The molecule has 9 heteroatoms. The van der Waals surface area contributed by atoms with E-state index in [1.807, 2.05) is 30.3 Å². The summed E-state index contributed by atoms with van der Waals surface area (Å²) in [6, 6.07) is 8.42. The molecule has 1 fully saturated rings. The molecule has 2 rings (SSSR count). The van der Waals surface area contributed by atoms with E-state index in [2.05, 4.69) is 5.32 Å². The molecule has 0 aliphatic carbocycles. The van der Waals surface area contributed by atoms with Crippen LogP contribution in [0.15, 0.2) is 30.3 Å². The van der Waals surface area contributed by atoms with E-state index in [1.54, 1.807) is 0 Å². The first kappa shape index (κ1) is 23.2. The summed E-state index contributed by atoms with van der Waals surface area (Å²) < 4.78 is 16.2. The summed E-state index contributed by atoms with van der Waals surface area (Å²) in [5.74, 6) is -0.722. The summed E-state index contributed by atoms with van der Waals surface area (Å²) in [4.78, 5) is 23.2. The molecule has 4 N–H and O–H groups in total. The molecule has 0 radical (unpaired) electrons. The van der Waals surface area contributed by atoms with Gasteiger partial charge < -0.3 is 34.8 Å². The zero-order valence-corrected chi connectivity index (χ0v) is 16.4. The standard InChI is InChI=1S/C20H29NO8/c1-13(23)21-17-19(26)18(25)15(11-22)29-20(17)27-10-6-5-9-16(24)28-12-14-7-3-2-4-8-14/h2-4,7-8,15,17-20,22,25-26H,5-6,9-12H2,1H3,(H,21,23)/t15?,17-,18+,19-,20-/m1/s1. The van der Waals surface area contributed by atoms with E-state index in [9.17, 15) is 24.9 Å². The minimum atomic E-state index is -1.35. The number of esters is 1. The maximum atomic E-state index is 11.8. The summed E-state index contributed by atoms with van der Waals surface area (Å²) in [5.41, 5.74) is 0.918. The normalized spacial score (nSPS) is 26.7. The Morgan fingerprint density at radius 2 is 1.86 bits per heavy atom. The van der Waals surface area contributed by atoms with Crippen molar-refractivity contribution in [1.29, 1.82) is 0 Å². The zero-order chi connectivity index (χ0) is 21.2. The number of hydrogen-bond acceptors (Lipinski definition) is 8. The van der Waals surface area contributed by atoms with Gasteiger partial charge in [-0.3, -0.25) is 9.59 Å². The maximum Gasteiger partial charge on any atom is 0.306 e. The van der Waals surface area contributed by atoms with Crippen molar-refractivity contribution in [2.24, 2.45) is 0 Å². The smallest absolute Gasteiger partial charge is 0.306 e. The maximum absolute atomic E-state index is 11.8. The third-order valence-electron chi connectivity index (χ3n) is 4.55. The quantitative estimate of drug-likeness (QED) is 0.309. The third-order valence-corrected chi connectivity index (χ3v) is 4.55. The number of aliphatic hydroxyl groups is 3. The van der Waals surface area contributed by atoms with E-state index in [0.29, 0.717) is 12.8 Å². The molecule has 1 unspecified atom stereocenters. The van der Waals surface area contributed by atoms with E-state index in [0.717, 1.165) is 5.56 Å². The molecule has 0 bridgehead atoms. The van der Waals surface area contributed by atoms with Crippen molar-refractivity contribution < 1.29 is 39.1 Å². The van der Waals surface area contributed by atoms with E-state index in [-0.39, 0.29) is 25.6 Å². The van der Waals surface area contributed by atoms with Crippen LogP contribution >= 0.6 is 0 Å². The number of carbonyl (C=O) groups is 2. The minimum absolute atomic E-state index is 0.202. The Hall–Kier alpha value is -2.04. The van der Waals surface area contributed by atoms with Crippen LogP contribution in [0.5, 0.6) is 0 Å². The van der Waals surface area contributed by atoms with Gasteiger partial charge in [0.1, 0.15) is 31.0 Å². The lowest BCUT2D eigenvalue weighted by atomic mass is 9.97. The van der Waals surface area contributed by atoms with Gasteiger partial charge in [0.2, 0.25) is 5.91 Å². The van der Waals surface area contributed by atoms with Crippen LogP contribution in [-0.2, 0) is 30.4 Å². The highest BCUT2D eigenvalue weighted by Crippen LogP contribution is 2.22. The van der Waals surface area contributed by atoms with Crippen molar-refractivity contribution in [1.82, 2.24) is 5.32 Å². The Morgan fingerprint density at radius 3 is 2.52 bits per heavy atom. The fourth-order valence-electron chi connectivity index (χ4n) is 2.99. The van der Waals surface area contributed by atoms with Crippen LogP contribution in [-0.4, -0.2) is 71.1 Å².